The van der Waals surface area contributed by atoms with Crippen LogP contribution in [0, 0.1) is 11.3 Å². The molecule has 1 N–H and O–H groups in total. The Morgan fingerprint density at radius 1 is 1.29 bits per heavy atom. The zero-order valence-corrected chi connectivity index (χ0v) is 12.9. The van der Waals surface area contributed by atoms with Crippen molar-refractivity contribution < 1.29 is 0 Å². The SMILES string of the molecule is CCC(C)(CNCC(C)C)CN1CCSCC1. The van der Waals surface area contributed by atoms with Gasteiger partial charge in [-0.2, -0.15) is 11.8 Å². The predicted octanol–water partition coefficient (Wildman–Crippen LogP) is 2.70. The Morgan fingerprint density at radius 2 is 1.94 bits per heavy atom. The van der Waals surface area contributed by atoms with Crippen molar-refractivity contribution in [2.24, 2.45) is 11.3 Å². The van der Waals surface area contributed by atoms with Crippen molar-refractivity contribution in [3.8, 4) is 0 Å². The Hall–Kier alpha value is 0.270. The summed E-state index contributed by atoms with van der Waals surface area (Å²) in [5, 5.41) is 3.63. The highest BCUT2D eigenvalue weighted by atomic mass is 32.2. The monoisotopic (exact) mass is 258 g/mol. The van der Waals surface area contributed by atoms with E-state index in [1.54, 1.807) is 0 Å². The molecule has 0 saturated carbocycles. The average Bonchev–Trinajstić information content (AvgIpc) is 2.30. The van der Waals surface area contributed by atoms with E-state index >= 15 is 0 Å². The summed E-state index contributed by atoms with van der Waals surface area (Å²) in [6.07, 6.45) is 1.27. The van der Waals surface area contributed by atoms with Gasteiger partial charge in [0.05, 0.1) is 0 Å². The van der Waals surface area contributed by atoms with Gasteiger partial charge in [-0.25, -0.2) is 0 Å². The molecule has 0 aromatic carbocycles. The number of rotatable bonds is 7. The van der Waals surface area contributed by atoms with Gasteiger partial charge in [0.15, 0.2) is 0 Å². The van der Waals surface area contributed by atoms with Crippen molar-refractivity contribution in [3.63, 3.8) is 0 Å². The van der Waals surface area contributed by atoms with Gasteiger partial charge < -0.3 is 10.2 Å². The largest absolute Gasteiger partial charge is 0.316 e. The smallest absolute Gasteiger partial charge is 0.00729 e. The van der Waals surface area contributed by atoms with Crippen molar-refractivity contribution in [2.45, 2.75) is 34.1 Å². The molecule has 3 heteroatoms. The molecule has 0 spiro atoms. The molecule has 1 heterocycles. The highest BCUT2D eigenvalue weighted by molar-refractivity contribution is 7.99. The van der Waals surface area contributed by atoms with E-state index in [9.17, 15) is 0 Å². The third-order valence-corrected chi connectivity index (χ3v) is 4.61. The van der Waals surface area contributed by atoms with Crippen LogP contribution in [0.15, 0.2) is 0 Å². The second-order valence-electron chi connectivity index (χ2n) is 6.08. The first kappa shape index (κ1) is 15.3. The average molecular weight is 258 g/mol. The minimum atomic E-state index is 0.441. The third-order valence-electron chi connectivity index (χ3n) is 3.67. The van der Waals surface area contributed by atoms with E-state index < -0.39 is 0 Å². The van der Waals surface area contributed by atoms with Gasteiger partial charge in [-0.05, 0) is 24.3 Å². The summed E-state index contributed by atoms with van der Waals surface area (Å²) < 4.78 is 0. The van der Waals surface area contributed by atoms with Crippen molar-refractivity contribution in [3.05, 3.63) is 0 Å². The van der Waals surface area contributed by atoms with Crippen LogP contribution in [0.25, 0.3) is 0 Å². The molecule has 1 rings (SSSR count). The fourth-order valence-corrected chi connectivity index (χ4v) is 3.23. The molecule has 0 bridgehead atoms. The van der Waals surface area contributed by atoms with Gasteiger partial charge in [-0.15, -0.1) is 0 Å². The molecule has 1 aliphatic rings. The van der Waals surface area contributed by atoms with Crippen molar-refractivity contribution in [1.29, 1.82) is 0 Å². The zero-order valence-electron chi connectivity index (χ0n) is 12.1. The van der Waals surface area contributed by atoms with E-state index in [1.807, 2.05) is 0 Å². The molecule has 0 aromatic heterocycles. The van der Waals surface area contributed by atoms with E-state index in [1.165, 1.54) is 37.6 Å². The van der Waals surface area contributed by atoms with Gasteiger partial charge in [0.25, 0.3) is 0 Å². The molecule has 102 valence electrons. The van der Waals surface area contributed by atoms with Gasteiger partial charge >= 0.3 is 0 Å². The number of hydrogen-bond donors (Lipinski definition) is 1. The van der Waals surface area contributed by atoms with Crippen LogP contribution in [0.1, 0.15) is 34.1 Å². The lowest BCUT2D eigenvalue weighted by Crippen LogP contribution is -2.45. The van der Waals surface area contributed by atoms with Gasteiger partial charge in [0.1, 0.15) is 0 Å². The van der Waals surface area contributed by atoms with E-state index in [0.29, 0.717) is 5.41 Å². The van der Waals surface area contributed by atoms with Gasteiger partial charge in [0.2, 0.25) is 0 Å². The lowest BCUT2D eigenvalue weighted by Gasteiger charge is -2.37. The Labute approximate surface area is 112 Å². The van der Waals surface area contributed by atoms with Crippen LogP contribution in [-0.4, -0.2) is 49.1 Å². The summed E-state index contributed by atoms with van der Waals surface area (Å²) in [5.74, 6) is 3.39. The first-order chi connectivity index (χ1) is 8.06. The second kappa shape index (κ2) is 7.65. The van der Waals surface area contributed by atoms with E-state index in [4.69, 9.17) is 0 Å². The highest BCUT2D eigenvalue weighted by Gasteiger charge is 2.25. The minimum Gasteiger partial charge on any atom is -0.316 e. The van der Waals surface area contributed by atoms with Crippen molar-refractivity contribution in [1.82, 2.24) is 10.2 Å². The van der Waals surface area contributed by atoms with Crippen LogP contribution in [0.4, 0.5) is 0 Å². The highest BCUT2D eigenvalue weighted by Crippen LogP contribution is 2.23. The van der Waals surface area contributed by atoms with E-state index in [0.717, 1.165) is 19.0 Å². The summed E-state index contributed by atoms with van der Waals surface area (Å²) in [6, 6.07) is 0. The van der Waals surface area contributed by atoms with Crippen LogP contribution >= 0.6 is 11.8 Å². The topological polar surface area (TPSA) is 15.3 Å². The Bertz CT molecular complexity index is 202. The fraction of sp³-hybridized carbons (Fsp3) is 1.00. The summed E-state index contributed by atoms with van der Waals surface area (Å²) in [5.41, 5.74) is 0.441. The molecular formula is C14H30N2S. The standard InChI is InChI=1S/C14H30N2S/c1-5-14(4,11-15-10-13(2)3)12-16-6-8-17-9-7-16/h13,15H,5-12H2,1-4H3. The second-order valence-corrected chi connectivity index (χ2v) is 7.30. The normalized spacial score (nSPS) is 21.7. The molecule has 0 amide bonds. The van der Waals surface area contributed by atoms with Crippen LogP contribution in [0.5, 0.6) is 0 Å². The van der Waals surface area contributed by atoms with Crippen LogP contribution < -0.4 is 5.32 Å². The molecule has 1 fully saturated rings. The molecule has 1 atom stereocenters. The lowest BCUT2D eigenvalue weighted by molar-refractivity contribution is 0.165. The lowest BCUT2D eigenvalue weighted by atomic mass is 9.86. The molecule has 1 saturated heterocycles. The molecule has 2 nitrogen and oxygen atoms in total. The molecule has 1 aliphatic heterocycles. The first-order valence-corrected chi connectivity index (χ1v) is 8.22. The molecular weight excluding hydrogens is 228 g/mol. The minimum absolute atomic E-state index is 0.441. The molecule has 0 radical (unpaired) electrons. The first-order valence-electron chi connectivity index (χ1n) is 7.06. The van der Waals surface area contributed by atoms with Gasteiger partial charge in [-0.3, -0.25) is 0 Å². The molecule has 0 aliphatic carbocycles. The Kier molecular flexibility index (Phi) is 6.90. The van der Waals surface area contributed by atoms with Crippen LogP contribution in [0.3, 0.4) is 0 Å². The van der Waals surface area contributed by atoms with Gasteiger partial charge in [0, 0.05) is 37.7 Å². The Balaban J connectivity index is 2.32. The fourth-order valence-electron chi connectivity index (χ4n) is 2.25. The quantitative estimate of drug-likeness (QED) is 0.756. The predicted molar refractivity (Wildman–Crippen MR) is 79.9 cm³/mol. The maximum atomic E-state index is 3.63. The number of nitrogens with zero attached hydrogens (tertiary/aromatic N) is 1. The van der Waals surface area contributed by atoms with Crippen LogP contribution in [0.2, 0.25) is 0 Å². The summed E-state index contributed by atoms with van der Waals surface area (Å²) in [6.45, 7) is 15.4. The summed E-state index contributed by atoms with van der Waals surface area (Å²) >= 11 is 2.10. The third kappa shape index (κ3) is 6.12. The van der Waals surface area contributed by atoms with Crippen LogP contribution in [-0.2, 0) is 0 Å². The zero-order chi connectivity index (χ0) is 12.7. The number of thioether (sulfide) groups is 1. The summed E-state index contributed by atoms with van der Waals surface area (Å²) in [4.78, 5) is 2.65. The molecule has 0 aromatic rings. The van der Waals surface area contributed by atoms with E-state index in [2.05, 4.69) is 49.7 Å². The van der Waals surface area contributed by atoms with Crippen molar-refractivity contribution >= 4 is 11.8 Å². The molecule has 17 heavy (non-hydrogen) atoms. The molecule has 1 unspecified atom stereocenters. The van der Waals surface area contributed by atoms with Crippen molar-refractivity contribution in [2.75, 3.05) is 44.2 Å². The van der Waals surface area contributed by atoms with E-state index in [-0.39, 0.29) is 0 Å². The van der Waals surface area contributed by atoms with Gasteiger partial charge in [-0.1, -0.05) is 27.7 Å². The number of hydrogen-bond acceptors (Lipinski definition) is 3. The number of nitrogens with one attached hydrogen (secondary N) is 1. The maximum absolute atomic E-state index is 3.63. The Morgan fingerprint density at radius 3 is 2.47 bits per heavy atom. The summed E-state index contributed by atoms with van der Waals surface area (Å²) in [7, 11) is 0. The maximum Gasteiger partial charge on any atom is 0.00729 e.